The van der Waals surface area contributed by atoms with Crippen LogP contribution in [0.3, 0.4) is 0 Å². The minimum Gasteiger partial charge on any atom is -0.482 e. The second-order valence-electron chi connectivity index (χ2n) is 2.45. The van der Waals surface area contributed by atoms with Gasteiger partial charge in [0.15, 0.2) is 4.98 Å². The summed E-state index contributed by atoms with van der Waals surface area (Å²) in [5.74, 6) is 0.586. The van der Waals surface area contributed by atoms with Gasteiger partial charge in [0.25, 0.3) is 0 Å². The third kappa shape index (κ3) is 2.60. The van der Waals surface area contributed by atoms with Crippen LogP contribution >= 0.6 is 0 Å². The topological polar surface area (TPSA) is 37.4 Å². The quantitative estimate of drug-likeness (QED) is 0.522. The molecule has 13 heavy (non-hydrogen) atoms. The van der Waals surface area contributed by atoms with Crippen LogP contribution < -0.4 is 4.74 Å². The van der Waals surface area contributed by atoms with Gasteiger partial charge in [-0.05, 0) is 13.0 Å². The third-order valence-electron chi connectivity index (χ3n) is 1.54. The Morgan fingerprint density at radius 1 is 1.46 bits per heavy atom. The highest BCUT2D eigenvalue weighted by atomic mass is 16.5. The number of allylic oxidation sites excluding steroid dienone is 1. The summed E-state index contributed by atoms with van der Waals surface area (Å²) in [6.07, 6.45) is 3.78. The fraction of sp³-hybridized carbons (Fsp3) is 0.200. The number of nitrogens with zero attached hydrogens (tertiary/aromatic N) is 2. The number of hydrogen-bond acceptors (Lipinski definition) is 2. The van der Waals surface area contributed by atoms with Crippen LogP contribution in [0.25, 0.3) is 4.98 Å². The van der Waals surface area contributed by atoms with Crippen LogP contribution in [0.15, 0.2) is 36.4 Å². The first-order valence-corrected chi connectivity index (χ1v) is 4.06. The lowest BCUT2D eigenvalue weighted by molar-refractivity contribution is 0.365. The van der Waals surface area contributed by atoms with Gasteiger partial charge in [0.2, 0.25) is 11.1 Å². The second-order valence-corrected chi connectivity index (χ2v) is 2.45. The van der Waals surface area contributed by atoms with Crippen molar-refractivity contribution in [3.63, 3.8) is 0 Å². The molecular formula is C10H11N2O+. The standard InChI is InChI=1S/C10H11N2O/c1-2-3-8-13-10-7-5-4-6-9(10)12-11/h2-7H,8H2,1H3/q+1/b3-2+. The number of benzene rings is 1. The van der Waals surface area contributed by atoms with E-state index in [1.165, 1.54) is 0 Å². The van der Waals surface area contributed by atoms with Gasteiger partial charge in [-0.15, -0.1) is 0 Å². The van der Waals surface area contributed by atoms with E-state index in [0.29, 0.717) is 18.0 Å². The molecule has 0 bridgehead atoms. The predicted octanol–water partition coefficient (Wildman–Crippen LogP) is 3.13. The van der Waals surface area contributed by atoms with Crippen molar-refractivity contribution in [3.8, 4) is 5.75 Å². The van der Waals surface area contributed by atoms with E-state index < -0.39 is 0 Å². The van der Waals surface area contributed by atoms with E-state index in [0.717, 1.165) is 0 Å². The first-order chi connectivity index (χ1) is 6.38. The van der Waals surface area contributed by atoms with E-state index in [9.17, 15) is 0 Å². The number of para-hydroxylation sites is 1. The van der Waals surface area contributed by atoms with Gasteiger partial charge in [0.1, 0.15) is 6.61 Å². The summed E-state index contributed by atoms with van der Waals surface area (Å²) in [6, 6.07) is 7.07. The summed E-state index contributed by atoms with van der Waals surface area (Å²) >= 11 is 0. The van der Waals surface area contributed by atoms with Crippen molar-refractivity contribution >= 4 is 5.69 Å². The van der Waals surface area contributed by atoms with Gasteiger partial charge in [-0.25, -0.2) is 0 Å². The largest absolute Gasteiger partial charge is 0.482 e. The van der Waals surface area contributed by atoms with Crippen LogP contribution in [0, 0.1) is 5.39 Å². The monoisotopic (exact) mass is 175 g/mol. The molecule has 0 unspecified atom stereocenters. The Kier molecular flexibility index (Phi) is 3.52. The van der Waals surface area contributed by atoms with Gasteiger partial charge in [0, 0.05) is 6.07 Å². The molecule has 0 saturated heterocycles. The molecule has 0 atom stereocenters. The second kappa shape index (κ2) is 4.94. The Morgan fingerprint density at radius 2 is 2.23 bits per heavy atom. The van der Waals surface area contributed by atoms with E-state index in [1.807, 2.05) is 25.1 Å². The Labute approximate surface area is 77.3 Å². The van der Waals surface area contributed by atoms with E-state index in [2.05, 4.69) is 4.98 Å². The highest BCUT2D eigenvalue weighted by Gasteiger charge is 2.11. The lowest BCUT2D eigenvalue weighted by Crippen LogP contribution is -1.92. The molecule has 3 nitrogen and oxygen atoms in total. The average Bonchev–Trinajstić information content (AvgIpc) is 2.19. The number of ether oxygens (including phenoxy) is 1. The van der Waals surface area contributed by atoms with Crippen molar-refractivity contribution in [2.45, 2.75) is 6.92 Å². The van der Waals surface area contributed by atoms with Crippen LogP contribution in [0.5, 0.6) is 5.75 Å². The molecular weight excluding hydrogens is 164 g/mol. The molecule has 0 spiro atoms. The van der Waals surface area contributed by atoms with Gasteiger partial charge in [0.05, 0.1) is 0 Å². The van der Waals surface area contributed by atoms with E-state index in [4.69, 9.17) is 10.1 Å². The van der Waals surface area contributed by atoms with Gasteiger partial charge in [-0.1, -0.05) is 24.3 Å². The van der Waals surface area contributed by atoms with Crippen LogP contribution in [-0.2, 0) is 0 Å². The number of diazo groups is 1. The maximum atomic E-state index is 8.60. The summed E-state index contributed by atoms with van der Waals surface area (Å²) in [7, 11) is 0. The Balaban J connectivity index is 2.71. The molecule has 0 aliphatic carbocycles. The first-order valence-electron chi connectivity index (χ1n) is 4.06. The van der Waals surface area contributed by atoms with Crippen LogP contribution in [-0.4, -0.2) is 6.61 Å². The molecule has 0 N–H and O–H groups in total. The fourth-order valence-corrected chi connectivity index (χ4v) is 0.896. The summed E-state index contributed by atoms with van der Waals surface area (Å²) in [5.41, 5.74) is 0.451. The zero-order valence-corrected chi connectivity index (χ0v) is 7.47. The zero-order chi connectivity index (χ0) is 9.52. The maximum absolute atomic E-state index is 8.60. The van der Waals surface area contributed by atoms with Crippen molar-refractivity contribution in [2.24, 2.45) is 0 Å². The lowest BCUT2D eigenvalue weighted by atomic mass is 10.3. The van der Waals surface area contributed by atoms with E-state index in [-0.39, 0.29) is 0 Å². The van der Waals surface area contributed by atoms with E-state index in [1.54, 1.807) is 18.2 Å². The molecule has 0 heterocycles. The third-order valence-corrected chi connectivity index (χ3v) is 1.54. The highest BCUT2D eigenvalue weighted by Crippen LogP contribution is 2.26. The zero-order valence-electron chi connectivity index (χ0n) is 7.47. The van der Waals surface area contributed by atoms with Crippen molar-refractivity contribution in [1.29, 1.82) is 5.39 Å². The predicted molar refractivity (Wildman–Crippen MR) is 51.5 cm³/mol. The Morgan fingerprint density at radius 3 is 2.92 bits per heavy atom. The summed E-state index contributed by atoms with van der Waals surface area (Å²) in [5, 5.41) is 8.60. The maximum Gasteiger partial charge on any atom is 0.426 e. The Bertz CT molecular complexity index is 339. The molecule has 1 rings (SSSR count). The lowest BCUT2D eigenvalue weighted by Gasteiger charge is -1.98. The SMILES string of the molecule is C/C=C/COc1ccccc1[N+]#N. The number of rotatable bonds is 3. The van der Waals surface area contributed by atoms with Crippen LogP contribution in [0.2, 0.25) is 0 Å². The molecule has 1 aromatic rings. The molecule has 3 heteroatoms. The van der Waals surface area contributed by atoms with Crippen LogP contribution in [0.1, 0.15) is 6.92 Å². The van der Waals surface area contributed by atoms with Gasteiger partial charge < -0.3 is 4.74 Å². The first kappa shape index (κ1) is 9.27. The fourth-order valence-electron chi connectivity index (χ4n) is 0.896. The van der Waals surface area contributed by atoms with Gasteiger partial charge >= 0.3 is 5.69 Å². The molecule has 0 aliphatic heterocycles. The Hall–Kier alpha value is -1.82. The number of hydrogen-bond donors (Lipinski definition) is 0. The molecule has 0 amide bonds. The minimum atomic E-state index is 0.451. The van der Waals surface area contributed by atoms with Crippen molar-refractivity contribution < 1.29 is 4.74 Å². The molecule has 0 aliphatic rings. The molecule has 1 aromatic carbocycles. The summed E-state index contributed by atoms with van der Waals surface area (Å²) in [4.78, 5) is 3.10. The molecule has 0 radical (unpaired) electrons. The van der Waals surface area contributed by atoms with Crippen molar-refractivity contribution in [3.05, 3.63) is 41.4 Å². The molecule has 0 saturated carbocycles. The molecule has 0 fully saturated rings. The summed E-state index contributed by atoms with van der Waals surface area (Å²) < 4.78 is 5.33. The molecule has 66 valence electrons. The van der Waals surface area contributed by atoms with Crippen molar-refractivity contribution in [1.82, 2.24) is 0 Å². The van der Waals surface area contributed by atoms with Crippen LogP contribution in [0.4, 0.5) is 5.69 Å². The van der Waals surface area contributed by atoms with Gasteiger partial charge in [-0.3, -0.25) is 0 Å². The van der Waals surface area contributed by atoms with Gasteiger partial charge in [-0.2, -0.15) is 0 Å². The van der Waals surface area contributed by atoms with Crippen molar-refractivity contribution in [2.75, 3.05) is 6.61 Å². The molecule has 0 aromatic heterocycles. The van der Waals surface area contributed by atoms with E-state index >= 15 is 0 Å². The normalized spacial score (nSPS) is 9.85. The highest BCUT2D eigenvalue weighted by molar-refractivity contribution is 5.56. The summed E-state index contributed by atoms with van der Waals surface area (Å²) in [6.45, 7) is 2.41. The smallest absolute Gasteiger partial charge is 0.426 e. The minimum absolute atomic E-state index is 0.451. The average molecular weight is 175 g/mol.